The molecule has 0 spiro atoms. The number of non-ortho nitro benzene ring substituents is 1. The summed E-state index contributed by atoms with van der Waals surface area (Å²) in [6.07, 6.45) is 0. The molecule has 2 aromatic carbocycles. The number of hydrogen-bond donors (Lipinski definition) is 0. The predicted molar refractivity (Wildman–Crippen MR) is 80.0 cm³/mol. The van der Waals surface area contributed by atoms with Gasteiger partial charge >= 0.3 is 0 Å². The molecule has 6 heteroatoms. The molecule has 110 valence electrons. The highest BCUT2D eigenvalue weighted by Gasteiger charge is 2.11. The maximum absolute atomic E-state index is 10.8. The first-order chi connectivity index (χ1) is 10.1. The highest BCUT2D eigenvalue weighted by Crippen LogP contribution is 2.29. The molecule has 0 aromatic heterocycles. The molecule has 0 bridgehead atoms. The topological polar surface area (TPSA) is 61.6 Å². The van der Waals surface area contributed by atoms with Crippen molar-refractivity contribution in [1.82, 2.24) is 0 Å². The summed E-state index contributed by atoms with van der Waals surface area (Å²) in [5, 5.41) is 11.2. The zero-order valence-electron chi connectivity index (χ0n) is 11.4. The Bertz CT molecular complexity index is 645. The van der Waals surface area contributed by atoms with E-state index in [4.69, 9.17) is 21.1 Å². The number of rotatable bonds is 6. The van der Waals surface area contributed by atoms with Crippen LogP contribution >= 0.6 is 11.6 Å². The van der Waals surface area contributed by atoms with Gasteiger partial charge in [0.1, 0.15) is 6.61 Å². The number of ether oxygens (including phenoxy) is 2. The van der Waals surface area contributed by atoms with Gasteiger partial charge in [-0.05, 0) is 25.1 Å². The number of nitro groups is 1. The average molecular weight is 308 g/mol. The Morgan fingerprint density at radius 3 is 2.43 bits per heavy atom. The molecule has 0 saturated carbocycles. The highest BCUT2D eigenvalue weighted by molar-refractivity contribution is 6.31. The number of hydrogen-bond acceptors (Lipinski definition) is 4. The molecule has 0 fully saturated rings. The van der Waals surface area contributed by atoms with Crippen molar-refractivity contribution < 1.29 is 14.4 Å². The summed E-state index contributed by atoms with van der Waals surface area (Å²) in [4.78, 5) is 10.3. The molecule has 21 heavy (non-hydrogen) atoms. The number of nitro benzene ring substituents is 1. The molecular weight excluding hydrogens is 294 g/mol. The predicted octanol–water partition coefficient (Wildman–Crippen LogP) is 4.23. The van der Waals surface area contributed by atoms with Crippen LogP contribution in [0.3, 0.4) is 0 Å². The van der Waals surface area contributed by atoms with Crippen LogP contribution in [-0.2, 0) is 6.61 Å². The summed E-state index contributed by atoms with van der Waals surface area (Å²) in [6, 6.07) is 11.5. The molecule has 0 N–H and O–H groups in total. The third-order valence-corrected chi connectivity index (χ3v) is 3.14. The van der Waals surface area contributed by atoms with E-state index < -0.39 is 4.92 Å². The largest absolute Gasteiger partial charge is 0.490 e. The lowest BCUT2D eigenvalue weighted by Gasteiger charge is -2.12. The molecular formula is C15H14ClNO4. The number of para-hydroxylation sites is 2. The van der Waals surface area contributed by atoms with Gasteiger partial charge in [-0.2, -0.15) is 0 Å². The van der Waals surface area contributed by atoms with Gasteiger partial charge in [0.05, 0.1) is 11.5 Å². The zero-order valence-corrected chi connectivity index (χ0v) is 12.2. The lowest BCUT2D eigenvalue weighted by molar-refractivity contribution is -0.384. The fourth-order valence-corrected chi connectivity index (χ4v) is 1.96. The zero-order chi connectivity index (χ0) is 15.2. The van der Waals surface area contributed by atoms with Crippen molar-refractivity contribution in [3.05, 3.63) is 63.2 Å². The van der Waals surface area contributed by atoms with Gasteiger partial charge in [0.25, 0.3) is 5.69 Å². The van der Waals surface area contributed by atoms with E-state index in [-0.39, 0.29) is 12.3 Å². The van der Waals surface area contributed by atoms with Crippen molar-refractivity contribution in [2.24, 2.45) is 0 Å². The summed E-state index contributed by atoms with van der Waals surface area (Å²) in [5.74, 6) is 1.20. The molecule has 0 unspecified atom stereocenters. The van der Waals surface area contributed by atoms with Gasteiger partial charge in [0.2, 0.25) is 0 Å². The van der Waals surface area contributed by atoms with Gasteiger partial charge in [-0.1, -0.05) is 23.7 Å². The van der Waals surface area contributed by atoms with Crippen molar-refractivity contribution in [3.63, 3.8) is 0 Å². The van der Waals surface area contributed by atoms with Crippen molar-refractivity contribution in [2.75, 3.05) is 6.61 Å². The first-order valence-electron chi connectivity index (χ1n) is 6.39. The minimum atomic E-state index is -0.464. The second-order valence-electron chi connectivity index (χ2n) is 4.20. The SMILES string of the molecule is CCOc1ccccc1OCc1cc([N+](=O)[O-])ccc1Cl. The van der Waals surface area contributed by atoms with Crippen molar-refractivity contribution in [2.45, 2.75) is 13.5 Å². The van der Waals surface area contributed by atoms with Gasteiger partial charge < -0.3 is 9.47 Å². The average Bonchev–Trinajstić information content (AvgIpc) is 2.48. The summed E-state index contributed by atoms with van der Waals surface area (Å²) < 4.78 is 11.1. The monoisotopic (exact) mass is 307 g/mol. The van der Waals surface area contributed by atoms with E-state index in [9.17, 15) is 10.1 Å². The number of benzene rings is 2. The Labute approximate surface area is 127 Å². The number of halogens is 1. The van der Waals surface area contributed by atoms with E-state index in [2.05, 4.69) is 0 Å². The van der Waals surface area contributed by atoms with Crippen LogP contribution in [0.25, 0.3) is 0 Å². The summed E-state index contributed by atoms with van der Waals surface area (Å²) >= 11 is 6.03. The maximum atomic E-state index is 10.8. The molecule has 5 nitrogen and oxygen atoms in total. The third kappa shape index (κ3) is 3.86. The molecule has 0 atom stereocenters. The summed E-state index contributed by atoms with van der Waals surface area (Å²) in [5.41, 5.74) is 0.535. The first-order valence-corrected chi connectivity index (χ1v) is 6.77. The van der Waals surface area contributed by atoms with Crippen molar-refractivity contribution in [3.8, 4) is 11.5 Å². The molecule has 0 amide bonds. The van der Waals surface area contributed by atoms with Crippen LogP contribution in [-0.4, -0.2) is 11.5 Å². The molecule has 2 rings (SSSR count). The van der Waals surface area contributed by atoms with Crippen LogP contribution in [0.4, 0.5) is 5.69 Å². The van der Waals surface area contributed by atoms with Gasteiger partial charge in [-0.3, -0.25) is 10.1 Å². The molecule has 0 aliphatic rings. The lowest BCUT2D eigenvalue weighted by Crippen LogP contribution is -2.00. The van der Waals surface area contributed by atoms with E-state index >= 15 is 0 Å². The Morgan fingerprint density at radius 1 is 1.14 bits per heavy atom. The van der Waals surface area contributed by atoms with Gasteiger partial charge in [0, 0.05) is 22.7 Å². The van der Waals surface area contributed by atoms with Crippen LogP contribution < -0.4 is 9.47 Å². The van der Waals surface area contributed by atoms with E-state index in [0.29, 0.717) is 28.7 Å². The lowest BCUT2D eigenvalue weighted by atomic mass is 10.2. The van der Waals surface area contributed by atoms with Crippen LogP contribution in [0.5, 0.6) is 11.5 Å². The maximum Gasteiger partial charge on any atom is 0.269 e. The Kier molecular flexibility index (Phi) is 5.00. The highest BCUT2D eigenvalue weighted by atomic mass is 35.5. The third-order valence-electron chi connectivity index (χ3n) is 2.77. The normalized spacial score (nSPS) is 10.2. The first kappa shape index (κ1) is 15.1. The standard InChI is InChI=1S/C15H14ClNO4/c1-2-20-14-5-3-4-6-15(14)21-10-11-9-12(17(18)19)7-8-13(11)16/h3-9H,2,10H2,1H3. The quantitative estimate of drug-likeness (QED) is 0.592. The van der Waals surface area contributed by atoms with E-state index in [1.165, 1.54) is 18.2 Å². The second kappa shape index (κ2) is 6.95. The van der Waals surface area contributed by atoms with Crippen molar-refractivity contribution >= 4 is 17.3 Å². The minimum absolute atomic E-state index is 0.0175. The fourth-order valence-electron chi connectivity index (χ4n) is 1.78. The molecule has 0 aliphatic heterocycles. The molecule has 0 radical (unpaired) electrons. The fraction of sp³-hybridized carbons (Fsp3) is 0.200. The molecule has 0 aliphatic carbocycles. The summed E-state index contributed by atoms with van der Waals surface area (Å²) in [6.45, 7) is 2.54. The van der Waals surface area contributed by atoms with Crippen LogP contribution in [0.1, 0.15) is 12.5 Å². The van der Waals surface area contributed by atoms with Gasteiger partial charge in [0.15, 0.2) is 11.5 Å². The Hall–Kier alpha value is -2.27. The minimum Gasteiger partial charge on any atom is -0.490 e. The molecule has 0 saturated heterocycles. The molecule has 2 aromatic rings. The van der Waals surface area contributed by atoms with Crippen LogP contribution in [0.2, 0.25) is 5.02 Å². The van der Waals surface area contributed by atoms with E-state index in [0.717, 1.165) is 0 Å². The number of nitrogens with zero attached hydrogens (tertiary/aromatic N) is 1. The van der Waals surface area contributed by atoms with Crippen LogP contribution in [0, 0.1) is 10.1 Å². The van der Waals surface area contributed by atoms with E-state index in [1.807, 2.05) is 19.1 Å². The second-order valence-corrected chi connectivity index (χ2v) is 4.61. The van der Waals surface area contributed by atoms with Gasteiger partial charge in [-0.25, -0.2) is 0 Å². The van der Waals surface area contributed by atoms with Crippen LogP contribution in [0.15, 0.2) is 42.5 Å². The Morgan fingerprint density at radius 2 is 1.81 bits per heavy atom. The summed E-state index contributed by atoms with van der Waals surface area (Å²) in [7, 11) is 0. The smallest absolute Gasteiger partial charge is 0.269 e. The van der Waals surface area contributed by atoms with Crippen molar-refractivity contribution in [1.29, 1.82) is 0 Å². The molecule has 0 heterocycles. The van der Waals surface area contributed by atoms with E-state index in [1.54, 1.807) is 12.1 Å². The van der Waals surface area contributed by atoms with Gasteiger partial charge in [-0.15, -0.1) is 0 Å². The Balaban J connectivity index is 2.16.